The van der Waals surface area contributed by atoms with Gasteiger partial charge in [0.05, 0.1) is 5.56 Å². The molecule has 0 unspecified atom stereocenters. The van der Waals surface area contributed by atoms with Gasteiger partial charge in [0.2, 0.25) is 0 Å². The number of fused-ring (bicyclic) bond motifs is 1. The fourth-order valence-electron chi connectivity index (χ4n) is 1.51. The maximum atomic E-state index is 12.3. The lowest BCUT2D eigenvalue weighted by Gasteiger charge is -2.19. The van der Waals surface area contributed by atoms with Crippen molar-refractivity contribution in [2.45, 2.75) is 12.4 Å². The molecule has 0 N–H and O–H groups in total. The summed E-state index contributed by atoms with van der Waals surface area (Å²) in [5.74, 6) is -0.0894. The Morgan fingerprint density at radius 2 is 2.00 bits per heavy atom. The molecule has 0 aliphatic carbocycles. The lowest BCUT2D eigenvalue weighted by Crippen LogP contribution is -2.25. The second-order valence-electron chi connectivity index (χ2n) is 3.86. The fraction of sp³-hybridized carbons (Fsp3) is 0.273. The molecule has 0 fully saturated rings. The van der Waals surface area contributed by atoms with Gasteiger partial charge in [0.25, 0.3) is 0 Å². The molecule has 8 heteroatoms. The van der Waals surface area contributed by atoms with Gasteiger partial charge in [-0.1, -0.05) is 6.07 Å². The van der Waals surface area contributed by atoms with Crippen LogP contribution < -0.4 is 4.74 Å². The van der Waals surface area contributed by atoms with Crippen molar-refractivity contribution in [2.75, 3.05) is 6.61 Å². The van der Waals surface area contributed by atoms with Gasteiger partial charge in [0.15, 0.2) is 5.76 Å². The quantitative estimate of drug-likeness (QED) is 0.621. The van der Waals surface area contributed by atoms with Gasteiger partial charge in [-0.25, -0.2) is 0 Å². The molecule has 1 aliphatic rings. The Morgan fingerprint density at radius 3 is 2.63 bits per heavy atom. The number of alkyl halides is 3. The summed E-state index contributed by atoms with van der Waals surface area (Å²) in [4.78, 5) is 0. The summed E-state index contributed by atoms with van der Waals surface area (Å²) in [6.45, 7) is 1.72. The fourth-order valence-corrected chi connectivity index (χ4v) is 2.00. The van der Waals surface area contributed by atoms with E-state index in [4.69, 9.17) is 4.74 Å². The first-order chi connectivity index (χ1) is 8.71. The zero-order chi connectivity index (χ0) is 14.3. The maximum Gasteiger partial charge on any atom is 0.534 e. The SMILES string of the molecule is Cc1ccc2c(c1)OCC=C2OS(=O)(=O)C(F)(F)F. The molecule has 0 radical (unpaired) electrons. The predicted octanol–water partition coefficient (Wildman–Crippen LogP) is 2.59. The van der Waals surface area contributed by atoms with Crippen LogP contribution in [0, 0.1) is 6.92 Å². The third-order valence-corrected chi connectivity index (χ3v) is 3.36. The van der Waals surface area contributed by atoms with E-state index in [9.17, 15) is 21.6 Å². The van der Waals surface area contributed by atoms with E-state index >= 15 is 0 Å². The lowest BCUT2D eigenvalue weighted by molar-refractivity contribution is -0.0509. The molecule has 104 valence electrons. The Morgan fingerprint density at radius 1 is 1.32 bits per heavy atom. The normalized spacial score (nSPS) is 15.3. The minimum absolute atomic E-state index is 0.0564. The zero-order valence-electron chi connectivity index (χ0n) is 9.69. The molecule has 0 saturated carbocycles. The van der Waals surface area contributed by atoms with E-state index in [-0.39, 0.29) is 23.7 Å². The van der Waals surface area contributed by atoms with Crippen LogP contribution in [0.1, 0.15) is 11.1 Å². The monoisotopic (exact) mass is 294 g/mol. The van der Waals surface area contributed by atoms with Crippen LogP contribution in [0.15, 0.2) is 24.3 Å². The number of halogens is 3. The van der Waals surface area contributed by atoms with Gasteiger partial charge >= 0.3 is 15.6 Å². The van der Waals surface area contributed by atoms with Gasteiger partial charge in [-0.2, -0.15) is 21.6 Å². The lowest BCUT2D eigenvalue weighted by atomic mass is 10.1. The number of benzene rings is 1. The van der Waals surface area contributed by atoms with Gasteiger partial charge in [-0.05, 0) is 30.7 Å². The van der Waals surface area contributed by atoms with Gasteiger partial charge in [0, 0.05) is 0 Å². The van der Waals surface area contributed by atoms with Gasteiger partial charge in [-0.15, -0.1) is 0 Å². The second-order valence-corrected chi connectivity index (χ2v) is 5.40. The molecule has 1 aromatic carbocycles. The van der Waals surface area contributed by atoms with Crippen molar-refractivity contribution in [1.82, 2.24) is 0 Å². The molecule has 4 nitrogen and oxygen atoms in total. The van der Waals surface area contributed by atoms with Crippen molar-refractivity contribution in [3.05, 3.63) is 35.4 Å². The van der Waals surface area contributed by atoms with E-state index < -0.39 is 15.6 Å². The first-order valence-electron chi connectivity index (χ1n) is 5.15. The van der Waals surface area contributed by atoms with Crippen LogP contribution >= 0.6 is 0 Å². The third-order valence-electron chi connectivity index (χ3n) is 2.39. The maximum absolute atomic E-state index is 12.3. The molecule has 0 saturated heterocycles. The number of ether oxygens (including phenoxy) is 1. The van der Waals surface area contributed by atoms with Crippen molar-refractivity contribution in [2.24, 2.45) is 0 Å². The van der Waals surface area contributed by atoms with E-state index in [1.807, 2.05) is 0 Å². The molecule has 1 aromatic rings. The molecule has 1 aliphatic heterocycles. The number of hydrogen-bond acceptors (Lipinski definition) is 4. The van der Waals surface area contributed by atoms with Crippen molar-refractivity contribution in [3.63, 3.8) is 0 Å². The minimum atomic E-state index is -5.67. The Balaban J connectivity index is 2.37. The Kier molecular flexibility index (Phi) is 3.21. The van der Waals surface area contributed by atoms with Crippen LogP contribution in [0.3, 0.4) is 0 Å². The molecule has 1 heterocycles. The first kappa shape index (κ1) is 13.7. The predicted molar refractivity (Wildman–Crippen MR) is 60.7 cm³/mol. The molecule has 2 rings (SSSR count). The highest BCUT2D eigenvalue weighted by Gasteiger charge is 2.49. The molecule has 0 atom stereocenters. The largest absolute Gasteiger partial charge is 0.534 e. The third kappa shape index (κ3) is 2.67. The van der Waals surface area contributed by atoms with Crippen LogP contribution in [0.2, 0.25) is 0 Å². The van der Waals surface area contributed by atoms with E-state index in [1.54, 1.807) is 19.1 Å². The minimum Gasteiger partial charge on any atom is -0.489 e. The van der Waals surface area contributed by atoms with Gasteiger partial charge in [-0.3, -0.25) is 0 Å². The molecular formula is C11H9F3O4S. The molecule has 0 spiro atoms. The van der Waals surface area contributed by atoms with Crippen LogP contribution in [-0.4, -0.2) is 20.5 Å². The summed E-state index contributed by atoms with van der Waals surface area (Å²) in [5, 5.41) is 0. The number of rotatable bonds is 2. The van der Waals surface area contributed by atoms with Crippen molar-refractivity contribution >= 4 is 15.9 Å². The summed E-state index contributed by atoms with van der Waals surface area (Å²) in [6.07, 6.45) is 1.14. The van der Waals surface area contributed by atoms with E-state index in [0.29, 0.717) is 0 Å². The van der Waals surface area contributed by atoms with E-state index in [2.05, 4.69) is 4.18 Å². The topological polar surface area (TPSA) is 52.6 Å². The molecule has 0 aromatic heterocycles. The standard InChI is InChI=1S/C11H9F3O4S/c1-7-2-3-8-9(4-5-17-10(8)6-7)18-19(15,16)11(12,13)14/h2-4,6H,5H2,1H3. The Bertz CT molecular complexity index is 632. The van der Waals surface area contributed by atoms with Gasteiger partial charge < -0.3 is 8.92 Å². The van der Waals surface area contributed by atoms with Crippen LogP contribution in [0.25, 0.3) is 5.76 Å². The summed E-state index contributed by atoms with van der Waals surface area (Å²) in [5.41, 5.74) is -4.46. The number of hydrogen-bond donors (Lipinski definition) is 0. The molecule has 0 amide bonds. The number of aryl methyl sites for hydroxylation is 1. The highest BCUT2D eigenvalue weighted by molar-refractivity contribution is 7.87. The van der Waals surface area contributed by atoms with Crippen molar-refractivity contribution in [1.29, 1.82) is 0 Å². The van der Waals surface area contributed by atoms with Gasteiger partial charge in [0.1, 0.15) is 12.4 Å². The highest BCUT2D eigenvalue weighted by atomic mass is 32.2. The zero-order valence-corrected chi connectivity index (χ0v) is 10.5. The van der Waals surface area contributed by atoms with Crippen LogP contribution in [0.4, 0.5) is 13.2 Å². The highest BCUT2D eigenvalue weighted by Crippen LogP contribution is 2.35. The summed E-state index contributed by atoms with van der Waals surface area (Å²) in [7, 11) is -5.67. The first-order valence-corrected chi connectivity index (χ1v) is 6.56. The molecule has 0 bridgehead atoms. The van der Waals surface area contributed by atoms with E-state index in [0.717, 1.165) is 11.6 Å². The average Bonchev–Trinajstić information content (AvgIpc) is 2.26. The summed E-state index contributed by atoms with van der Waals surface area (Å²) in [6, 6.07) is 4.65. The van der Waals surface area contributed by atoms with Crippen LogP contribution in [-0.2, 0) is 14.3 Å². The second kappa shape index (κ2) is 4.44. The average molecular weight is 294 g/mol. The summed E-state index contributed by atoms with van der Waals surface area (Å²) < 4.78 is 68.0. The van der Waals surface area contributed by atoms with Crippen molar-refractivity contribution in [3.8, 4) is 5.75 Å². The smallest absolute Gasteiger partial charge is 0.489 e. The van der Waals surface area contributed by atoms with E-state index in [1.165, 1.54) is 6.07 Å². The Hall–Kier alpha value is -1.70. The molecular weight excluding hydrogens is 285 g/mol. The summed E-state index contributed by atoms with van der Waals surface area (Å²) >= 11 is 0. The Labute approximate surface area is 107 Å². The van der Waals surface area contributed by atoms with Crippen LogP contribution in [0.5, 0.6) is 5.75 Å². The molecule has 19 heavy (non-hydrogen) atoms. The van der Waals surface area contributed by atoms with Crippen molar-refractivity contribution < 1.29 is 30.5 Å².